The second kappa shape index (κ2) is 8.85. The number of fused-ring (bicyclic) bond motifs is 1. The molecule has 0 radical (unpaired) electrons. The molecule has 2 aromatic heterocycles. The van der Waals surface area contributed by atoms with Gasteiger partial charge in [0.25, 0.3) is 5.91 Å². The number of nitrogens with zero attached hydrogens (tertiary/aromatic N) is 2. The highest BCUT2D eigenvalue weighted by molar-refractivity contribution is 5.98. The molecule has 4 rings (SSSR count). The van der Waals surface area contributed by atoms with Gasteiger partial charge in [0, 0.05) is 23.3 Å². The van der Waals surface area contributed by atoms with Gasteiger partial charge in [-0.3, -0.25) is 14.8 Å². The Labute approximate surface area is 186 Å². The quantitative estimate of drug-likeness (QED) is 0.414. The molecule has 4 aromatic rings. The molecule has 0 aliphatic carbocycles. The molecule has 2 heterocycles. The Kier molecular flexibility index (Phi) is 5.95. The zero-order valence-corrected chi connectivity index (χ0v) is 17.2. The summed E-state index contributed by atoms with van der Waals surface area (Å²) in [6.07, 6.45) is -1.98. The van der Waals surface area contributed by atoms with Gasteiger partial charge in [-0.15, -0.1) is 0 Å². The average Bonchev–Trinajstić information content (AvgIpc) is 2.81. The lowest BCUT2D eigenvalue weighted by Gasteiger charge is -2.23. The summed E-state index contributed by atoms with van der Waals surface area (Å²) in [4.78, 5) is 21.1. The van der Waals surface area contributed by atoms with Crippen LogP contribution in [0.25, 0.3) is 10.9 Å². The van der Waals surface area contributed by atoms with Crippen LogP contribution in [0.15, 0.2) is 73.1 Å². The van der Waals surface area contributed by atoms with E-state index in [9.17, 15) is 22.4 Å². The van der Waals surface area contributed by atoms with Crippen molar-refractivity contribution in [2.75, 3.05) is 7.11 Å². The zero-order chi connectivity index (χ0) is 23.6. The van der Waals surface area contributed by atoms with Crippen LogP contribution in [0.1, 0.15) is 33.2 Å². The highest BCUT2D eigenvalue weighted by Gasteiger charge is 2.37. The number of hydrogen-bond donors (Lipinski definition) is 1. The highest BCUT2D eigenvalue weighted by Crippen LogP contribution is 2.36. The third-order valence-corrected chi connectivity index (χ3v) is 5.07. The Bertz CT molecular complexity index is 1320. The predicted molar refractivity (Wildman–Crippen MR) is 113 cm³/mol. The molecule has 33 heavy (non-hydrogen) atoms. The Balaban J connectivity index is 1.79. The number of carbonyl (C=O) groups is 1. The van der Waals surface area contributed by atoms with Gasteiger partial charge in [-0.1, -0.05) is 18.2 Å². The van der Waals surface area contributed by atoms with Gasteiger partial charge in [-0.05, 0) is 48.0 Å². The summed E-state index contributed by atoms with van der Waals surface area (Å²) in [5, 5.41) is 3.37. The van der Waals surface area contributed by atoms with Crippen molar-refractivity contribution < 1.29 is 27.1 Å². The van der Waals surface area contributed by atoms with Gasteiger partial charge < -0.3 is 10.1 Å². The topological polar surface area (TPSA) is 64.1 Å². The molecule has 1 amide bonds. The molecule has 1 N–H and O–H groups in total. The van der Waals surface area contributed by atoms with Crippen molar-refractivity contribution in [3.8, 4) is 5.75 Å². The van der Waals surface area contributed by atoms with Crippen LogP contribution in [-0.2, 0) is 6.18 Å². The monoisotopic (exact) mass is 455 g/mol. The number of hydrogen-bond acceptors (Lipinski definition) is 4. The number of rotatable bonds is 5. The van der Waals surface area contributed by atoms with Gasteiger partial charge in [0.15, 0.2) is 11.6 Å². The molecule has 0 fully saturated rings. The van der Waals surface area contributed by atoms with E-state index < -0.39 is 35.2 Å². The van der Waals surface area contributed by atoms with E-state index in [1.54, 1.807) is 18.3 Å². The first kappa shape index (κ1) is 22.2. The molecule has 2 aromatic carbocycles. The van der Waals surface area contributed by atoms with Gasteiger partial charge in [-0.25, -0.2) is 4.39 Å². The number of methoxy groups -OCH3 is 1. The zero-order valence-electron chi connectivity index (χ0n) is 17.2. The smallest absolute Gasteiger partial charge is 0.418 e. The normalized spacial score (nSPS) is 12.4. The molecule has 9 heteroatoms. The van der Waals surface area contributed by atoms with Crippen LogP contribution in [0, 0.1) is 5.82 Å². The minimum atomic E-state index is -4.73. The van der Waals surface area contributed by atoms with Crippen molar-refractivity contribution in [1.82, 2.24) is 15.3 Å². The lowest BCUT2D eigenvalue weighted by Crippen LogP contribution is -2.31. The van der Waals surface area contributed by atoms with E-state index in [1.165, 1.54) is 37.6 Å². The first-order valence-electron chi connectivity index (χ1n) is 9.79. The summed E-state index contributed by atoms with van der Waals surface area (Å²) in [6, 6.07) is 12.6. The van der Waals surface area contributed by atoms with Gasteiger partial charge in [0.1, 0.15) is 0 Å². The van der Waals surface area contributed by atoms with Crippen LogP contribution < -0.4 is 10.1 Å². The van der Waals surface area contributed by atoms with Crippen LogP contribution in [0.5, 0.6) is 5.75 Å². The maximum atomic E-state index is 14.4. The van der Waals surface area contributed by atoms with Gasteiger partial charge >= 0.3 is 6.18 Å². The van der Waals surface area contributed by atoms with Crippen molar-refractivity contribution >= 4 is 16.8 Å². The Morgan fingerprint density at radius 3 is 2.48 bits per heavy atom. The SMILES string of the molecule is COc1ccc([C@H](NC(=O)c2ccc3cccnc3c2)c2ncccc2C(F)(F)F)cc1F. The minimum Gasteiger partial charge on any atom is -0.494 e. The van der Waals surface area contributed by atoms with Crippen molar-refractivity contribution in [3.05, 3.63) is 101 Å². The number of carbonyl (C=O) groups excluding carboxylic acids is 1. The second-order valence-corrected chi connectivity index (χ2v) is 7.15. The third-order valence-electron chi connectivity index (χ3n) is 5.07. The summed E-state index contributed by atoms with van der Waals surface area (Å²) in [6.45, 7) is 0. The fraction of sp³-hybridized carbons (Fsp3) is 0.125. The van der Waals surface area contributed by atoms with E-state index in [2.05, 4.69) is 15.3 Å². The maximum Gasteiger partial charge on any atom is 0.418 e. The summed E-state index contributed by atoms with van der Waals surface area (Å²) in [5.41, 5.74) is -0.686. The number of ether oxygens (including phenoxy) is 1. The third kappa shape index (κ3) is 4.62. The van der Waals surface area contributed by atoms with E-state index in [0.29, 0.717) is 5.52 Å². The molecule has 0 bridgehead atoms. The number of halogens is 4. The number of aromatic nitrogens is 2. The molecule has 0 aliphatic heterocycles. The van der Waals surface area contributed by atoms with Gasteiger partial charge in [0.2, 0.25) is 0 Å². The molecule has 5 nitrogen and oxygen atoms in total. The van der Waals surface area contributed by atoms with E-state index in [0.717, 1.165) is 23.6 Å². The Hall–Kier alpha value is -4.01. The molecule has 0 saturated carbocycles. The first-order chi connectivity index (χ1) is 15.8. The van der Waals surface area contributed by atoms with E-state index in [-0.39, 0.29) is 16.9 Å². The molecule has 1 atom stereocenters. The first-order valence-corrected chi connectivity index (χ1v) is 9.79. The lowest BCUT2D eigenvalue weighted by atomic mass is 9.98. The number of alkyl halides is 3. The van der Waals surface area contributed by atoms with Gasteiger partial charge in [0.05, 0.1) is 29.9 Å². The van der Waals surface area contributed by atoms with Crippen LogP contribution in [0.3, 0.4) is 0 Å². The summed E-state index contributed by atoms with van der Waals surface area (Å²) < 4.78 is 60.4. The largest absolute Gasteiger partial charge is 0.494 e. The van der Waals surface area contributed by atoms with Crippen LogP contribution >= 0.6 is 0 Å². The minimum absolute atomic E-state index is 0.0739. The molecular formula is C24H17F4N3O2. The van der Waals surface area contributed by atoms with Crippen molar-refractivity contribution in [2.45, 2.75) is 12.2 Å². The van der Waals surface area contributed by atoms with E-state index in [4.69, 9.17) is 4.74 Å². The Morgan fingerprint density at radius 2 is 1.76 bits per heavy atom. The van der Waals surface area contributed by atoms with Crippen molar-refractivity contribution in [3.63, 3.8) is 0 Å². The van der Waals surface area contributed by atoms with E-state index >= 15 is 0 Å². The fourth-order valence-electron chi connectivity index (χ4n) is 3.48. The molecular weight excluding hydrogens is 438 g/mol. The van der Waals surface area contributed by atoms with Crippen LogP contribution in [-0.4, -0.2) is 23.0 Å². The molecule has 0 saturated heterocycles. The molecule has 168 valence electrons. The number of nitrogens with one attached hydrogen (secondary N) is 1. The summed E-state index contributed by atoms with van der Waals surface area (Å²) >= 11 is 0. The summed E-state index contributed by atoms with van der Waals surface area (Å²) in [5.74, 6) is -1.53. The van der Waals surface area contributed by atoms with Gasteiger partial charge in [-0.2, -0.15) is 13.2 Å². The molecule has 0 spiro atoms. The standard InChI is InChI=1S/C24H17F4N3O2/c1-33-20-9-8-15(12-18(20)25)21(22-17(24(26,27)28)5-3-11-30-22)31-23(32)16-7-6-14-4-2-10-29-19(14)13-16/h2-13,21H,1H3,(H,31,32)/t21-/m0/s1. The Morgan fingerprint density at radius 1 is 1.00 bits per heavy atom. The predicted octanol–water partition coefficient (Wildman–Crippen LogP) is 5.32. The number of benzene rings is 2. The van der Waals surface area contributed by atoms with Crippen molar-refractivity contribution in [1.29, 1.82) is 0 Å². The van der Waals surface area contributed by atoms with Crippen LogP contribution in [0.2, 0.25) is 0 Å². The average molecular weight is 455 g/mol. The number of amides is 1. The van der Waals surface area contributed by atoms with E-state index in [1.807, 2.05) is 6.07 Å². The maximum absolute atomic E-state index is 14.4. The second-order valence-electron chi connectivity index (χ2n) is 7.15. The number of pyridine rings is 2. The van der Waals surface area contributed by atoms with Crippen molar-refractivity contribution in [2.24, 2.45) is 0 Å². The fourth-order valence-corrected chi connectivity index (χ4v) is 3.48. The highest BCUT2D eigenvalue weighted by atomic mass is 19.4. The molecule has 0 unspecified atom stereocenters. The lowest BCUT2D eigenvalue weighted by molar-refractivity contribution is -0.138. The summed E-state index contributed by atoms with van der Waals surface area (Å²) in [7, 11) is 1.27. The molecule has 0 aliphatic rings. The van der Waals surface area contributed by atoms with Crippen LogP contribution in [0.4, 0.5) is 17.6 Å².